The predicted octanol–water partition coefficient (Wildman–Crippen LogP) is -0.371. The van der Waals surface area contributed by atoms with E-state index in [0.717, 1.165) is 25.9 Å². The van der Waals surface area contributed by atoms with Crippen LogP contribution in [0.1, 0.15) is 19.3 Å². The van der Waals surface area contributed by atoms with Crippen molar-refractivity contribution in [2.45, 2.75) is 31.3 Å². The number of nitrogens with one attached hydrogen (secondary N) is 1. The second kappa shape index (κ2) is 3.64. The molecule has 0 aromatic carbocycles. The maximum Gasteiger partial charge on any atom is 0.223 e. The molecule has 4 nitrogen and oxygen atoms in total. The summed E-state index contributed by atoms with van der Waals surface area (Å²) in [5.41, 5.74) is 5.85. The molecule has 2 rings (SSSR count). The molecule has 1 amide bonds. The molecule has 0 aromatic rings. The van der Waals surface area contributed by atoms with Crippen molar-refractivity contribution in [3.8, 4) is 0 Å². The number of hydrogen-bond acceptors (Lipinski definition) is 3. The van der Waals surface area contributed by atoms with Crippen LogP contribution in [0.15, 0.2) is 0 Å². The van der Waals surface area contributed by atoms with E-state index in [-0.39, 0.29) is 23.9 Å². The average molecular weight is 184 g/mol. The molecule has 0 spiro atoms. The van der Waals surface area contributed by atoms with Gasteiger partial charge in [-0.2, -0.15) is 0 Å². The van der Waals surface area contributed by atoms with Gasteiger partial charge in [0.2, 0.25) is 5.91 Å². The summed E-state index contributed by atoms with van der Waals surface area (Å²) in [7, 11) is 0. The third-order valence-electron chi connectivity index (χ3n) is 2.69. The van der Waals surface area contributed by atoms with Gasteiger partial charge in [0.05, 0.1) is 12.6 Å². The summed E-state index contributed by atoms with van der Waals surface area (Å²) < 4.78 is 5.26. The second-order valence-corrected chi connectivity index (χ2v) is 3.92. The van der Waals surface area contributed by atoms with Crippen molar-refractivity contribution in [3.05, 3.63) is 0 Å². The van der Waals surface area contributed by atoms with E-state index in [1.54, 1.807) is 0 Å². The van der Waals surface area contributed by atoms with Crippen molar-refractivity contribution in [2.24, 2.45) is 11.7 Å². The lowest BCUT2D eigenvalue weighted by molar-refractivity contribution is -0.124. The van der Waals surface area contributed by atoms with Crippen LogP contribution in [0.3, 0.4) is 0 Å². The van der Waals surface area contributed by atoms with Gasteiger partial charge in [-0.05, 0) is 19.3 Å². The van der Waals surface area contributed by atoms with Gasteiger partial charge in [-0.3, -0.25) is 4.79 Å². The minimum absolute atomic E-state index is 0.0295. The lowest BCUT2D eigenvalue weighted by atomic mass is 10.0. The smallest absolute Gasteiger partial charge is 0.223 e. The Balaban J connectivity index is 1.81. The number of nitrogens with two attached hydrogens (primary N) is 1. The van der Waals surface area contributed by atoms with Crippen molar-refractivity contribution < 1.29 is 9.53 Å². The van der Waals surface area contributed by atoms with Gasteiger partial charge < -0.3 is 15.8 Å². The molecule has 2 unspecified atom stereocenters. The topological polar surface area (TPSA) is 64.3 Å². The molecule has 1 aliphatic heterocycles. The number of rotatable bonds is 2. The maximum atomic E-state index is 11.4. The number of ether oxygens (including phenoxy) is 1. The molecule has 1 heterocycles. The van der Waals surface area contributed by atoms with Crippen molar-refractivity contribution in [1.82, 2.24) is 5.32 Å². The zero-order valence-corrected chi connectivity index (χ0v) is 7.66. The van der Waals surface area contributed by atoms with E-state index in [0.29, 0.717) is 6.61 Å². The average Bonchev–Trinajstić information content (AvgIpc) is 2.91. The van der Waals surface area contributed by atoms with Gasteiger partial charge in [0.25, 0.3) is 0 Å². The first-order chi connectivity index (χ1) is 6.27. The van der Waals surface area contributed by atoms with Crippen molar-refractivity contribution >= 4 is 5.91 Å². The van der Waals surface area contributed by atoms with Crippen LogP contribution in [0.5, 0.6) is 0 Å². The summed E-state index contributed by atoms with van der Waals surface area (Å²) in [6.07, 6.45) is 2.92. The third kappa shape index (κ3) is 2.19. The first-order valence-corrected chi connectivity index (χ1v) is 4.91. The fraction of sp³-hybridized carbons (Fsp3) is 0.889. The first kappa shape index (κ1) is 8.97. The largest absolute Gasteiger partial charge is 0.379 e. The Morgan fingerprint density at radius 2 is 2.15 bits per heavy atom. The molecule has 1 saturated heterocycles. The fourth-order valence-electron chi connectivity index (χ4n) is 1.55. The van der Waals surface area contributed by atoms with Crippen LogP contribution in [-0.4, -0.2) is 31.2 Å². The summed E-state index contributed by atoms with van der Waals surface area (Å²) in [4.78, 5) is 11.4. The SMILES string of the molecule is NC1CCOCC1NC(=O)C1CC1. The molecule has 1 saturated carbocycles. The monoisotopic (exact) mass is 184 g/mol. The normalized spacial score (nSPS) is 34.2. The Labute approximate surface area is 77.8 Å². The highest BCUT2D eigenvalue weighted by Gasteiger charge is 2.33. The highest BCUT2D eigenvalue weighted by Crippen LogP contribution is 2.29. The van der Waals surface area contributed by atoms with Crippen LogP contribution in [0.25, 0.3) is 0 Å². The summed E-state index contributed by atoms with van der Waals surface area (Å²) in [5, 5.41) is 2.94. The van der Waals surface area contributed by atoms with E-state index < -0.39 is 0 Å². The van der Waals surface area contributed by atoms with Crippen LogP contribution < -0.4 is 11.1 Å². The maximum absolute atomic E-state index is 11.4. The molecule has 13 heavy (non-hydrogen) atoms. The van der Waals surface area contributed by atoms with Gasteiger partial charge in [0, 0.05) is 18.6 Å². The molecule has 1 aliphatic carbocycles. The number of amides is 1. The molecule has 4 heteroatoms. The molecule has 0 radical (unpaired) electrons. The molecule has 2 fully saturated rings. The van der Waals surface area contributed by atoms with Crippen LogP contribution in [-0.2, 0) is 9.53 Å². The fourth-order valence-corrected chi connectivity index (χ4v) is 1.55. The lowest BCUT2D eigenvalue weighted by Gasteiger charge is -2.29. The Hall–Kier alpha value is -0.610. The molecule has 0 aromatic heterocycles. The van der Waals surface area contributed by atoms with Gasteiger partial charge in [0.15, 0.2) is 0 Å². The highest BCUT2D eigenvalue weighted by atomic mass is 16.5. The Morgan fingerprint density at radius 3 is 2.77 bits per heavy atom. The first-order valence-electron chi connectivity index (χ1n) is 4.91. The van der Waals surface area contributed by atoms with E-state index in [4.69, 9.17) is 10.5 Å². The molecule has 0 bridgehead atoms. The van der Waals surface area contributed by atoms with Crippen molar-refractivity contribution in [3.63, 3.8) is 0 Å². The van der Waals surface area contributed by atoms with Gasteiger partial charge in [-0.1, -0.05) is 0 Å². The number of hydrogen-bond donors (Lipinski definition) is 2. The highest BCUT2D eigenvalue weighted by molar-refractivity contribution is 5.81. The quantitative estimate of drug-likeness (QED) is 0.615. The zero-order valence-electron chi connectivity index (χ0n) is 7.66. The minimum Gasteiger partial charge on any atom is -0.379 e. The Kier molecular flexibility index (Phi) is 2.51. The van der Waals surface area contributed by atoms with E-state index in [9.17, 15) is 4.79 Å². The van der Waals surface area contributed by atoms with E-state index in [2.05, 4.69) is 5.32 Å². The molecule has 2 atom stereocenters. The van der Waals surface area contributed by atoms with Crippen molar-refractivity contribution in [2.75, 3.05) is 13.2 Å². The van der Waals surface area contributed by atoms with E-state index >= 15 is 0 Å². The van der Waals surface area contributed by atoms with Crippen LogP contribution in [0.4, 0.5) is 0 Å². The van der Waals surface area contributed by atoms with Crippen molar-refractivity contribution in [1.29, 1.82) is 0 Å². The Morgan fingerprint density at radius 1 is 1.38 bits per heavy atom. The van der Waals surface area contributed by atoms with Crippen LogP contribution in [0.2, 0.25) is 0 Å². The Bertz CT molecular complexity index is 204. The molecule has 2 aliphatic rings. The van der Waals surface area contributed by atoms with E-state index in [1.165, 1.54) is 0 Å². The minimum atomic E-state index is 0.0295. The summed E-state index contributed by atoms with van der Waals surface area (Å²) in [6, 6.07) is 0.0956. The molecular formula is C9H16N2O2. The van der Waals surface area contributed by atoms with Crippen LogP contribution in [0, 0.1) is 5.92 Å². The van der Waals surface area contributed by atoms with Gasteiger partial charge in [0.1, 0.15) is 0 Å². The van der Waals surface area contributed by atoms with E-state index in [1.807, 2.05) is 0 Å². The number of carbonyl (C=O) groups is 1. The molecular weight excluding hydrogens is 168 g/mol. The van der Waals surface area contributed by atoms with Gasteiger partial charge in [-0.25, -0.2) is 0 Å². The lowest BCUT2D eigenvalue weighted by Crippen LogP contribution is -2.53. The molecule has 74 valence electrons. The second-order valence-electron chi connectivity index (χ2n) is 3.92. The predicted molar refractivity (Wildman–Crippen MR) is 48.1 cm³/mol. The number of carbonyl (C=O) groups excluding carboxylic acids is 1. The zero-order chi connectivity index (χ0) is 9.26. The van der Waals surface area contributed by atoms with Crippen LogP contribution >= 0.6 is 0 Å². The third-order valence-corrected chi connectivity index (χ3v) is 2.69. The summed E-state index contributed by atoms with van der Waals surface area (Å²) in [6.45, 7) is 1.29. The molecule has 3 N–H and O–H groups in total. The summed E-state index contributed by atoms with van der Waals surface area (Å²) in [5.74, 6) is 0.417. The van der Waals surface area contributed by atoms with Gasteiger partial charge in [-0.15, -0.1) is 0 Å². The van der Waals surface area contributed by atoms with Gasteiger partial charge >= 0.3 is 0 Å². The standard InChI is InChI=1S/C9H16N2O2/c10-7-3-4-13-5-8(7)11-9(12)6-1-2-6/h6-8H,1-5,10H2,(H,11,12). The summed E-state index contributed by atoms with van der Waals surface area (Å²) >= 11 is 0.